The molecular formula is C26H21ClN2O5. The van der Waals surface area contributed by atoms with Crippen molar-refractivity contribution in [1.29, 1.82) is 0 Å². The quantitative estimate of drug-likeness (QED) is 0.396. The van der Waals surface area contributed by atoms with E-state index < -0.39 is 29.9 Å². The number of carbonyl (C=O) groups excluding carboxylic acids is 3. The summed E-state index contributed by atoms with van der Waals surface area (Å²) in [6.07, 6.45) is -0.974. The number of carbonyl (C=O) groups is 3. The summed E-state index contributed by atoms with van der Waals surface area (Å²) in [5.41, 5.74) is 2.27. The van der Waals surface area contributed by atoms with Crippen LogP contribution in [0.5, 0.6) is 0 Å². The lowest BCUT2D eigenvalue weighted by atomic mass is 9.90. The van der Waals surface area contributed by atoms with Gasteiger partial charge in [0.15, 0.2) is 6.10 Å². The van der Waals surface area contributed by atoms with Crippen LogP contribution in [0.15, 0.2) is 78.9 Å². The van der Waals surface area contributed by atoms with Crippen LogP contribution in [0.2, 0.25) is 5.02 Å². The number of fused-ring (bicyclic) bond motifs is 1. The Morgan fingerprint density at radius 2 is 1.56 bits per heavy atom. The lowest BCUT2D eigenvalue weighted by molar-refractivity contribution is -0.126. The number of esters is 1. The Morgan fingerprint density at radius 1 is 0.912 bits per heavy atom. The van der Waals surface area contributed by atoms with E-state index in [1.54, 1.807) is 48.4 Å². The molecule has 2 heterocycles. The Morgan fingerprint density at radius 3 is 2.21 bits per heavy atom. The number of amides is 2. The molecule has 3 aromatic rings. The molecule has 0 unspecified atom stereocenters. The first-order chi connectivity index (χ1) is 16.5. The van der Waals surface area contributed by atoms with Crippen molar-refractivity contribution >= 4 is 40.8 Å². The minimum atomic E-state index is -0.974. The fraction of sp³-hybridized carbons (Fsp3) is 0.192. The molecule has 7 nitrogen and oxygen atoms in total. The van der Waals surface area contributed by atoms with Crippen LogP contribution in [0.1, 0.15) is 28.9 Å². The second-order valence-electron chi connectivity index (χ2n) is 7.99. The molecule has 0 saturated carbocycles. The highest BCUT2D eigenvalue weighted by Crippen LogP contribution is 2.47. The summed E-state index contributed by atoms with van der Waals surface area (Å²) in [5, 5.41) is 2.20. The third-order valence-electron chi connectivity index (χ3n) is 5.97. The summed E-state index contributed by atoms with van der Waals surface area (Å²) in [6, 6.07) is 22.2. The van der Waals surface area contributed by atoms with Crippen molar-refractivity contribution in [3.63, 3.8) is 0 Å². The van der Waals surface area contributed by atoms with Gasteiger partial charge in [0.25, 0.3) is 5.91 Å². The molecule has 34 heavy (non-hydrogen) atoms. The molecule has 2 fully saturated rings. The van der Waals surface area contributed by atoms with Gasteiger partial charge in [-0.15, -0.1) is 0 Å². The van der Waals surface area contributed by atoms with E-state index in [-0.39, 0.29) is 12.5 Å². The molecule has 2 aliphatic heterocycles. The number of imide groups is 1. The van der Waals surface area contributed by atoms with E-state index in [0.29, 0.717) is 22.0 Å². The van der Waals surface area contributed by atoms with Gasteiger partial charge in [-0.1, -0.05) is 41.9 Å². The lowest BCUT2D eigenvalue weighted by Gasteiger charge is -2.28. The monoisotopic (exact) mass is 476 g/mol. The predicted molar refractivity (Wildman–Crippen MR) is 126 cm³/mol. The molecule has 172 valence electrons. The first kappa shape index (κ1) is 22.1. The van der Waals surface area contributed by atoms with Gasteiger partial charge in [-0.2, -0.15) is 0 Å². The maximum absolute atomic E-state index is 13.6. The standard InChI is InChI=1S/C26H21ClN2O5/c1-2-33-26(32)17-8-12-19(13-9-17)28-24(30)21-22(16-6-4-3-5-7-16)29(34-23(21)25(28)31)20-14-10-18(27)11-15-20/h3-15,21-23H,2H2,1H3/t21-,22-,23-/m1/s1. The third-order valence-corrected chi connectivity index (χ3v) is 6.23. The van der Waals surface area contributed by atoms with Gasteiger partial charge < -0.3 is 4.74 Å². The predicted octanol–water partition coefficient (Wildman–Crippen LogP) is 4.57. The number of hydroxylamine groups is 1. The van der Waals surface area contributed by atoms with Crippen molar-refractivity contribution in [1.82, 2.24) is 0 Å². The number of hydrogen-bond acceptors (Lipinski definition) is 6. The van der Waals surface area contributed by atoms with Gasteiger partial charge in [0.2, 0.25) is 5.91 Å². The van der Waals surface area contributed by atoms with Gasteiger partial charge in [0.1, 0.15) is 5.92 Å². The van der Waals surface area contributed by atoms with Gasteiger partial charge in [-0.25, -0.2) is 14.8 Å². The summed E-state index contributed by atoms with van der Waals surface area (Å²) in [6.45, 7) is 1.98. The Labute approximate surface area is 201 Å². The van der Waals surface area contributed by atoms with E-state index in [4.69, 9.17) is 21.2 Å². The third kappa shape index (κ3) is 3.73. The van der Waals surface area contributed by atoms with Gasteiger partial charge in [0, 0.05) is 5.02 Å². The van der Waals surface area contributed by atoms with Crippen LogP contribution in [0.4, 0.5) is 11.4 Å². The second-order valence-corrected chi connectivity index (χ2v) is 8.43. The minimum Gasteiger partial charge on any atom is -0.462 e. The van der Waals surface area contributed by atoms with E-state index in [1.165, 1.54) is 12.1 Å². The Kier molecular flexibility index (Phi) is 5.81. The van der Waals surface area contributed by atoms with E-state index in [2.05, 4.69) is 0 Å². The van der Waals surface area contributed by atoms with Gasteiger partial charge in [-0.3, -0.25) is 14.4 Å². The highest BCUT2D eigenvalue weighted by atomic mass is 35.5. The number of rotatable bonds is 5. The molecule has 2 saturated heterocycles. The molecule has 5 rings (SSSR count). The SMILES string of the molecule is CCOC(=O)c1ccc(N2C(=O)[C@@H]3[C@@H](c4ccccc4)N(c4ccc(Cl)cc4)O[C@H]3C2=O)cc1. The topological polar surface area (TPSA) is 76.2 Å². The van der Waals surface area contributed by atoms with Crippen LogP contribution in [0.25, 0.3) is 0 Å². The minimum absolute atomic E-state index is 0.259. The fourth-order valence-electron chi connectivity index (χ4n) is 4.43. The molecule has 2 amide bonds. The van der Waals surface area contributed by atoms with Crippen LogP contribution in [0, 0.1) is 5.92 Å². The van der Waals surface area contributed by atoms with E-state index in [9.17, 15) is 14.4 Å². The molecule has 3 atom stereocenters. The molecule has 0 bridgehead atoms. The van der Waals surface area contributed by atoms with Crippen LogP contribution >= 0.6 is 11.6 Å². The normalized spacial score (nSPS) is 21.6. The zero-order chi connectivity index (χ0) is 23.8. The van der Waals surface area contributed by atoms with E-state index >= 15 is 0 Å². The summed E-state index contributed by atoms with van der Waals surface area (Å²) >= 11 is 6.05. The van der Waals surface area contributed by atoms with Crippen molar-refractivity contribution in [2.24, 2.45) is 5.92 Å². The Bertz CT molecular complexity index is 1230. The van der Waals surface area contributed by atoms with Crippen LogP contribution in [0.3, 0.4) is 0 Å². The number of anilines is 2. The van der Waals surface area contributed by atoms with Crippen LogP contribution in [-0.2, 0) is 19.2 Å². The van der Waals surface area contributed by atoms with E-state index in [0.717, 1.165) is 10.5 Å². The van der Waals surface area contributed by atoms with Crippen molar-refractivity contribution in [3.8, 4) is 0 Å². The summed E-state index contributed by atoms with van der Waals surface area (Å²) in [4.78, 5) is 46.2. The molecule has 3 aromatic carbocycles. The number of halogens is 1. The lowest BCUT2D eigenvalue weighted by Crippen LogP contribution is -2.37. The molecule has 0 radical (unpaired) electrons. The van der Waals surface area contributed by atoms with Crippen molar-refractivity contribution in [2.75, 3.05) is 16.6 Å². The number of nitrogens with zero attached hydrogens (tertiary/aromatic N) is 2. The molecule has 0 aliphatic carbocycles. The number of hydrogen-bond donors (Lipinski definition) is 0. The summed E-state index contributed by atoms with van der Waals surface area (Å²) in [5.74, 6) is -2.01. The van der Waals surface area contributed by atoms with E-state index in [1.807, 2.05) is 30.3 Å². The number of benzene rings is 3. The Balaban J connectivity index is 1.49. The van der Waals surface area contributed by atoms with Crippen LogP contribution in [-0.4, -0.2) is 30.5 Å². The second kappa shape index (κ2) is 8.93. The average molecular weight is 477 g/mol. The molecule has 2 aliphatic rings. The highest BCUT2D eigenvalue weighted by Gasteiger charge is 2.60. The maximum Gasteiger partial charge on any atom is 0.338 e. The van der Waals surface area contributed by atoms with Crippen LogP contribution < -0.4 is 9.96 Å². The molecular weight excluding hydrogens is 456 g/mol. The maximum atomic E-state index is 13.6. The van der Waals surface area contributed by atoms with Crippen molar-refractivity contribution in [3.05, 3.63) is 95.0 Å². The van der Waals surface area contributed by atoms with Crippen molar-refractivity contribution in [2.45, 2.75) is 19.1 Å². The Hall–Kier alpha value is -3.68. The molecule has 8 heteroatoms. The number of ether oxygens (including phenoxy) is 1. The summed E-state index contributed by atoms with van der Waals surface area (Å²) in [7, 11) is 0. The molecule has 0 spiro atoms. The highest BCUT2D eigenvalue weighted by molar-refractivity contribution is 6.30. The zero-order valence-corrected chi connectivity index (χ0v) is 19.0. The summed E-state index contributed by atoms with van der Waals surface area (Å²) < 4.78 is 5.00. The molecule has 0 N–H and O–H groups in total. The zero-order valence-electron chi connectivity index (χ0n) is 18.3. The fourth-order valence-corrected chi connectivity index (χ4v) is 4.56. The average Bonchev–Trinajstić information content (AvgIpc) is 3.36. The van der Waals surface area contributed by atoms with Gasteiger partial charge >= 0.3 is 5.97 Å². The van der Waals surface area contributed by atoms with Gasteiger partial charge in [0.05, 0.1) is 29.6 Å². The first-order valence-electron chi connectivity index (χ1n) is 10.9. The van der Waals surface area contributed by atoms with Crippen molar-refractivity contribution < 1.29 is 24.0 Å². The van der Waals surface area contributed by atoms with Gasteiger partial charge in [-0.05, 0) is 61.0 Å². The smallest absolute Gasteiger partial charge is 0.338 e. The first-order valence-corrected chi connectivity index (χ1v) is 11.3. The largest absolute Gasteiger partial charge is 0.462 e. The molecule has 0 aromatic heterocycles.